The molecule has 0 radical (unpaired) electrons. The summed E-state index contributed by atoms with van der Waals surface area (Å²) in [5.41, 5.74) is 6.75. The fourth-order valence-electron chi connectivity index (χ4n) is 4.47. The highest BCUT2D eigenvalue weighted by Crippen LogP contribution is 2.29. The molecule has 6 heteroatoms. The van der Waals surface area contributed by atoms with Crippen molar-refractivity contribution in [2.45, 2.75) is 13.0 Å². The van der Waals surface area contributed by atoms with Gasteiger partial charge in [-0.1, -0.05) is 23.7 Å². The zero-order valence-electron chi connectivity index (χ0n) is 18.1. The number of fused-ring (bicyclic) bond motifs is 1. The molecule has 1 saturated heterocycles. The van der Waals surface area contributed by atoms with Gasteiger partial charge in [0.2, 0.25) is 0 Å². The zero-order chi connectivity index (χ0) is 21.4. The normalized spacial score (nSPS) is 16.1. The van der Waals surface area contributed by atoms with E-state index in [0.29, 0.717) is 0 Å². The smallest absolute Gasteiger partial charge is 0.137 e. The summed E-state index contributed by atoms with van der Waals surface area (Å²) in [5.74, 6) is 0. The van der Waals surface area contributed by atoms with E-state index in [0.717, 1.165) is 54.7 Å². The van der Waals surface area contributed by atoms with Crippen LogP contribution >= 0.6 is 11.6 Å². The lowest BCUT2D eigenvalue weighted by molar-refractivity contribution is 0.266. The number of halogens is 1. The Bertz CT molecular complexity index is 1190. The van der Waals surface area contributed by atoms with Gasteiger partial charge in [-0.3, -0.25) is 4.90 Å². The SMILES string of the molecule is CN1CCCN(Cc2c(-c3ccc(Cl)cc3)nc3ccc(-c4cccn4C)cn23)CC1. The maximum atomic E-state index is 6.16. The van der Waals surface area contributed by atoms with Gasteiger partial charge in [-0.2, -0.15) is 0 Å². The third-order valence-electron chi connectivity index (χ3n) is 6.26. The van der Waals surface area contributed by atoms with Crippen molar-refractivity contribution in [1.29, 1.82) is 0 Å². The molecule has 160 valence electrons. The van der Waals surface area contributed by atoms with Gasteiger partial charge in [0.15, 0.2) is 0 Å². The van der Waals surface area contributed by atoms with Crippen molar-refractivity contribution in [3.05, 3.63) is 71.6 Å². The largest absolute Gasteiger partial charge is 0.351 e. The molecule has 0 atom stereocenters. The molecule has 1 aliphatic rings. The Labute approximate surface area is 188 Å². The van der Waals surface area contributed by atoms with Gasteiger partial charge in [0.25, 0.3) is 0 Å². The Hall–Kier alpha value is -2.60. The van der Waals surface area contributed by atoms with Crippen LogP contribution in [-0.2, 0) is 13.6 Å². The summed E-state index contributed by atoms with van der Waals surface area (Å²) in [4.78, 5) is 10.0. The Morgan fingerprint density at radius 1 is 0.903 bits per heavy atom. The molecule has 1 fully saturated rings. The minimum Gasteiger partial charge on any atom is -0.351 e. The summed E-state index contributed by atoms with van der Waals surface area (Å²) >= 11 is 6.16. The summed E-state index contributed by atoms with van der Waals surface area (Å²) in [7, 11) is 4.30. The molecule has 0 N–H and O–H groups in total. The number of hydrogen-bond donors (Lipinski definition) is 0. The summed E-state index contributed by atoms with van der Waals surface area (Å²) < 4.78 is 4.43. The monoisotopic (exact) mass is 433 g/mol. The molecule has 5 rings (SSSR count). The quantitative estimate of drug-likeness (QED) is 0.463. The second-order valence-corrected chi connectivity index (χ2v) is 8.93. The first-order valence-corrected chi connectivity index (χ1v) is 11.3. The minimum absolute atomic E-state index is 0.746. The number of aryl methyl sites for hydroxylation is 1. The highest BCUT2D eigenvalue weighted by Gasteiger charge is 2.20. The standard InChI is InChI=1S/C25H28ClN5/c1-28-12-4-14-30(16-15-28)18-23-25(19-6-9-21(26)10-7-19)27-24-11-8-20(17-31(23)24)22-5-3-13-29(22)2/h3,5-11,13,17H,4,12,14-16,18H2,1-2H3. The van der Waals surface area contributed by atoms with E-state index in [1.54, 1.807) is 0 Å². The molecule has 0 amide bonds. The number of likely N-dealkylation sites (N-methyl/N-ethyl adjacent to an activating group) is 1. The first-order chi connectivity index (χ1) is 15.1. The third kappa shape index (κ3) is 4.13. The van der Waals surface area contributed by atoms with Gasteiger partial charge in [-0.25, -0.2) is 4.98 Å². The predicted molar refractivity (Wildman–Crippen MR) is 127 cm³/mol. The van der Waals surface area contributed by atoms with E-state index in [1.165, 1.54) is 23.4 Å². The van der Waals surface area contributed by atoms with Crippen molar-refractivity contribution in [3.8, 4) is 22.5 Å². The summed E-state index contributed by atoms with van der Waals surface area (Å²) in [6, 6.07) is 16.6. The molecule has 4 aromatic rings. The van der Waals surface area contributed by atoms with Crippen molar-refractivity contribution in [3.63, 3.8) is 0 Å². The molecule has 0 saturated carbocycles. The second-order valence-electron chi connectivity index (χ2n) is 8.50. The van der Waals surface area contributed by atoms with Crippen molar-refractivity contribution in [2.24, 2.45) is 7.05 Å². The number of pyridine rings is 1. The maximum Gasteiger partial charge on any atom is 0.137 e. The average Bonchev–Trinajstić information content (AvgIpc) is 3.28. The van der Waals surface area contributed by atoms with Crippen LogP contribution in [0.5, 0.6) is 0 Å². The van der Waals surface area contributed by atoms with E-state index < -0.39 is 0 Å². The van der Waals surface area contributed by atoms with Gasteiger partial charge in [-0.15, -0.1) is 0 Å². The van der Waals surface area contributed by atoms with Crippen LogP contribution in [0.4, 0.5) is 0 Å². The van der Waals surface area contributed by atoms with Gasteiger partial charge in [0, 0.05) is 60.9 Å². The fraction of sp³-hybridized carbons (Fsp3) is 0.320. The maximum absolute atomic E-state index is 6.16. The molecule has 0 bridgehead atoms. The lowest BCUT2D eigenvalue weighted by Crippen LogP contribution is -2.29. The molecule has 0 spiro atoms. The van der Waals surface area contributed by atoms with E-state index in [9.17, 15) is 0 Å². The second kappa shape index (κ2) is 8.50. The van der Waals surface area contributed by atoms with Crippen LogP contribution in [0.25, 0.3) is 28.2 Å². The number of rotatable bonds is 4. The van der Waals surface area contributed by atoms with Crippen LogP contribution in [0.3, 0.4) is 0 Å². The van der Waals surface area contributed by atoms with Gasteiger partial charge in [-0.05, 0) is 63.0 Å². The van der Waals surface area contributed by atoms with E-state index in [1.807, 2.05) is 12.1 Å². The Kier molecular flexibility index (Phi) is 5.57. The van der Waals surface area contributed by atoms with Crippen molar-refractivity contribution in [2.75, 3.05) is 33.2 Å². The van der Waals surface area contributed by atoms with E-state index in [4.69, 9.17) is 16.6 Å². The van der Waals surface area contributed by atoms with Gasteiger partial charge in [0.05, 0.1) is 11.4 Å². The van der Waals surface area contributed by atoms with Crippen LogP contribution in [-0.4, -0.2) is 57.0 Å². The minimum atomic E-state index is 0.746. The third-order valence-corrected chi connectivity index (χ3v) is 6.51. The fourth-order valence-corrected chi connectivity index (χ4v) is 4.59. The van der Waals surface area contributed by atoms with E-state index in [2.05, 4.69) is 81.7 Å². The molecule has 1 aliphatic heterocycles. The molecule has 0 aliphatic carbocycles. The van der Waals surface area contributed by atoms with Crippen molar-refractivity contribution >= 4 is 17.2 Å². The van der Waals surface area contributed by atoms with Crippen LogP contribution in [0.15, 0.2) is 60.9 Å². The molecular weight excluding hydrogens is 406 g/mol. The Balaban J connectivity index is 1.61. The summed E-state index contributed by atoms with van der Waals surface area (Å²) in [6.07, 6.45) is 5.51. The van der Waals surface area contributed by atoms with Crippen LogP contribution < -0.4 is 0 Å². The molecule has 5 nitrogen and oxygen atoms in total. The molecule has 1 aromatic carbocycles. The lowest BCUT2D eigenvalue weighted by Gasteiger charge is -2.21. The highest BCUT2D eigenvalue weighted by molar-refractivity contribution is 6.30. The van der Waals surface area contributed by atoms with Crippen LogP contribution in [0.1, 0.15) is 12.1 Å². The molecule has 31 heavy (non-hydrogen) atoms. The van der Waals surface area contributed by atoms with Crippen molar-refractivity contribution < 1.29 is 0 Å². The summed E-state index contributed by atoms with van der Waals surface area (Å²) in [6.45, 7) is 5.31. The zero-order valence-corrected chi connectivity index (χ0v) is 18.9. The van der Waals surface area contributed by atoms with Gasteiger partial charge >= 0.3 is 0 Å². The molecule has 4 heterocycles. The number of aromatic nitrogens is 3. The number of hydrogen-bond acceptors (Lipinski definition) is 3. The first-order valence-electron chi connectivity index (χ1n) is 10.9. The Morgan fingerprint density at radius 2 is 1.71 bits per heavy atom. The lowest BCUT2D eigenvalue weighted by atomic mass is 10.1. The number of imidazole rings is 1. The van der Waals surface area contributed by atoms with Crippen LogP contribution in [0, 0.1) is 0 Å². The van der Waals surface area contributed by atoms with Gasteiger partial charge < -0.3 is 13.9 Å². The Morgan fingerprint density at radius 3 is 2.48 bits per heavy atom. The predicted octanol–water partition coefficient (Wildman–Crippen LogP) is 4.80. The average molecular weight is 434 g/mol. The molecule has 3 aromatic heterocycles. The highest BCUT2D eigenvalue weighted by atomic mass is 35.5. The topological polar surface area (TPSA) is 28.7 Å². The van der Waals surface area contributed by atoms with Crippen LogP contribution in [0.2, 0.25) is 5.02 Å². The van der Waals surface area contributed by atoms with E-state index >= 15 is 0 Å². The van der Waals surface area contributed by atoms with Gasteiger partial charge in [0.1, 0.15) is 5.65 Å². The summed E-state index contributed by atoms with van der Waals surface area (Å²) in [5, 5.41) is 0.746. The number of benzene rings is 1. The first kappa shape index (κ1) is 20.3. The number of nitrogens with zero attached hydrogens (tertiary/aromatic N) is 5. The molecular formula is C25H28ClN5. The van der Waals surface area contributed by atoms with E-state index in [-0.39, 0.29) is 0 Å². The molecule has 0 unspecified atom stereocenters. The van der Waals surface area contributed by atoms with Crippen molar-refractivity contribution in [1.82, 2.24) is 23.8 Å².